The molecule has 0 aliphatic heterocycles. The molecule has 3 rings (SSSR count). The van der Waals surface area contributed by atoms with Gasteiger partial charge in [-0.3, -0.25) is 0 Å². The van der Waals surface area contributed by atoms with Crippen molar-refractivity contribution in [2.75, 3.05) is 6.16 Å². The van der Waals surface area contributed by atoms with E-state index < -0.39 is 4.25 Å². The van der Waals surface area contributed by atoms with Gasteiger partial charge in [-0.2, -0.15) is 0 Å². The quantitative estimate of drug-likeness (QED) is 0.341. The van der Waals surface area contributed by atoms with Gasteiger partial charge < -0.3 is 0 Å². The van der Waals surface area contributed by atoms with E-state index in [0.29, 0.717) is 0 Å². The van der Waals surface area contributed by atoms with Crippen LogP contribution in [0.15, 0.2) is 72.8 Å². The molecule has 0 aliphatic carbocycles. The van der Waals surface area contributed by atoms with E-state index in [0.717, 1.165) is 6.16 Å². The Morgan fingerprint density at radius 1 is 0.560 bits per heavy atom. The van der Waals surface area contributed by atoms with Gasteiger partial charge in [-0.05, 0) is 0 Å². The second-order valence-electron chi connectivity index (χ2n) is 7.01. The first-order chi connectivity index (χ1) is 11.9. The van der Waals surface area contributed by atoms with Gasteiger partial charge in [-0.15, -0.1) is 0 Å². The summed E-state index contributed by atoms with van der Waals surface area (Å²) < 4.78 is -2.50. The summed E-state index contributed by atoms with van der Waals surface area (Å²) in [7, 11) is 0. The molecule has 0 radical (unpaired) electrons. The number of rotatable bonds is 4. The minimum absolute atomic E-state index is 1.11. The molecule has 0 aromatic heterocycles. The van der Waals surface area contributed by atoms with Crippen molar-refractivity contribution >= 4 is 42.2 Å². The third kappa shape index (κ3) is 3.06. The average molecular weight is 460 g/mol. The van der Waals surface area contributed by atoms with Crippen molar-refractivity contribution in [3.05, 3.63) is 89.5 Å². The van der Waals surface area contributed by atoms with Crippen molar-refractivity contribution in [3.63, 3.8) is 0 Å². The SMILES string of the molecule is CCP(I)(c1ccc(C)cc1)(c1ccc(C)cc1)c1ccc(C)cc1. The fraction of sp³-hybridized carbons (Fsp3) is 0.217. The molecule has 0 saturated carbocycles. The Labute approximate surface area is 165 Å². The molecule has 0 heterocycles. The van der Waals surface area contributed by atoms with Crippen molar-refractivity contribution < 1.29 is 0 Å². The van der Waals surface area contributed by atoms with Gasteiger partial charge in [0.25, 0.3) is 0 Å². The third-order valence-corrected chi connectivity index (χ3v) is 17.7. The van der Waals surface area contributed by atoms with Gasteiger partial charge in [0.15, 0.2) is 0 Å². The number of hydrogen-bond donors (Lipinski definition) is 0. The first-order valence-corrected chi connectivity index (χ1v) is 14.0. The maximum atomic E-state index is 2.84. The second-order valence-corrected chi connectivity index (χ2v) is 17.9. The van der Waals surface area contributed by atoms with E-state index in [1.165, 1.54) is 32.6 Å². The Bertz CT molecular complexity index is 748. The summed E-state index contributed by atoms with van der Waals surface area (Å²) in [6, 6.07) is 27.6. The van der Waals surface area contributed by atoms with E-state index in [2.05, 4.69) is 123 Å². The predicted octanol–water partition coefficient (Wildman–Crippen LogP) is 5.81. The summed E-state index contributed by atoms with van der Waals surface area (Å²) >= 11 is 2.84. The first-order valence-electron chi connectivity index (χ1n) is 8.83. The zero-order valence-electron chi connectivity index (χ0n) is 15.5. The Kier molecular flexibility index (Phi) is 5.10. The van der Waals surface area contributed by atoms with Gasteiger partial charge in [0, 0.05) is 0 Å². The normalized spacial score (nSPS) is 13.2. The molecular weight excluding hydrogens is 434 g/mol. The topological polar surface area (TPSA) is 0 Å². The van der Waals surface area contributed by atoms with Crippen LogP contribution in [0.5, 0.6) is 0 Å². The Hall–Kier alpha value is -1.18. The van der Waals surface area contributed by atoms with Crippen molar-refractivity contribution in [3.8, 4) is 0 Å². The van der Waals surface area contributed by atoms with Gasteiger partial charge in [0.2, 0.25) is 0 Å². The second kappa shape index (κ2) is 6.85. The maximum absolute atomic E-state index is 2.84. The summed E-state index contributed by atoms with van der Waals surface area (Å²) in [5, 5.41) is 4.40. The van der Waals surface area contributed by atoms with Gasteiger partial charge in [-0.1, -0.05) is 0 Å². The fourth-order valence-corrected chi connectivity index (χ4v) is 10.8. The van der Waals surface area contributed by atoms with Crippen LogP contribution in [0.1, 0.15) is 23.6 Å². The Morgan fingerprint density at radius 2 is 0.800 bits per heavy atom. The molecule has 25 heavy (non-hydrogen) atoms. The van der Waals surface area contributed by atoms with Gasteiger partial charge in [-0.25, -0.2) is 0 Å². The number of halogens is 1. The molecule has 0 bridgehead atoms. The molecule has 0 fully saturated rings. The van der Waals surface area contributed by atoms with E-state index in [9.17, 15) is 0 Å². The first kappa shape index (κ1) is 18.6. The van der Waals surface area contributed by atoms with Crippen molar-refractivity contribution in [2.45, 2.75) is 27.7 Å². The molecule has 2 heteroatoms. The summed E-state index contributed by atoms with van der Waals surface area (Å²) in [6.45, 7) is 8.84. The van der Waals surface area contributed by atoms with Crippen molar-refractivity contribution in [2.24, 2.45) is 0 Å². The standard InChI is InChI=1S/C23H26IP/c1-5-25(24,21-12-6-18(2)7-13-21,22-14-8-19(3)9-15-22)23-16-10-20(4)11-17-23/h6-17H,5H2,1-4H3. The van der Waals surface area contributed by atoms with Crippen LogP contribution in [-0.4, -0.2) is 6.16 Å². The third-order valence-electron chi connectivity index (χ3n) is 5.31. The van der Waals surface area contributed by atoms with Crippen LogP contribution < -0.4 is 15.9 Å². The molecule has 0 N–H and O–H groups in total. The summed E-state index contributed by atoms with van der Waals surface area (Å²) in [5.41, 5.74) is 3.94. The van der Waals surface area contributed by atoms with Gasteiger partial charge in [0.1, 0.15) is 0 Å². The molecule has 0 spiro atoms. The molecule has 3 aromatic carbocycles. The molecule has 3 aromatic rings. The molecule has 0 amide bonds. The molecular formula is C23H26IP. The molecule has 0 nitrogen and oxygen atoms in total. The van der Waals surface area contributed by atoms with E-state index in [4.69, 9.17) is 0 Å². The molecule has 0 aliphatic rings. The van der Waals surface area contributed by atoms with E-state index in [-0.39, 0.29) is 0 Å². The van der Waals surface area contributed by atoms with Crippen LogP contribution in [0, 0.1) is 20.8 Å². The van der Waals surface area contributed by atoms with Crippen LogP contribution in [0.3, 0.4) is 0 Å². The summed E-state index contributed by atoms with van der Waals surface area (Å²) in [4.78, 5) is 0. The molecule has 0 saturated heterocycles. The molecule has 130 valence electrons. The zero-order valence-corrected chi connectivity index (χ0v) is 18.5. The van der Waals surface area contributed by atoms with Crippen LogP contribution in [0.25, 0.3) is 0 Å². The van der Waals surface area contributed by atoms with Crippen molar-refractivity contribution in [1.82, 2.24) is 0 Å². The number of hydrogen-bond acceptors (Lipinski definition) is 0. The van der Waals surface area contributed by atoms with E-state index in [1.807, 2.05) is 0 Å². The minimum atomic E-state index is -2.50. The van der Waals surface area contributed by atoms with Crippen molar-refractivity contribution in [1.29, 1.82) is 0 Å². The Morgan fingerprint density at radius 3 is 1.00 bits per heavy atom. The molecule has 0 unspecified atom stereocenters. The summed E-state index contributed by atoms with van der Waals surface area (Å²) in [6.07, 6.45) is 1.11. The molecule has 0 atom stereocenters. The van der Waals surface area contributed by atoms with Crippen LogP contribution >= 0.6 is 26.3 Å². The average Bonchev–Trinajstić information content (AvgIpc) is 2.63. The van der Waals surface area contributed by atoms with Crippen LogP contribution in [0.2, 0.25) is 0 Å². The van der Waals surface area contributed by atoms with Gasteiger partial charge >= 0.3 is 166 Å². The monoisotopic (exact) mass is 460 g/mol. The van der Waals surface area contributed by atoms with Crippen LogP contribution in [-0.2, 0) is 0 Å². The zero-order chi connectivity index (χ0) is 18.1. The number of benzene rings is 3. The fourth-order valence-electron chi connectivity index (χ4n) is 3.56. The Balaban J connectivity index is 2.38. The summed E-state index contributed by atoms with van der Waals surface area (Å²) in [5.74, 6) is 0. The predicted molar refractivity (Wildman–Crippen MR) is 124 cm³/mol. The van der Waals surface area contributed by atoms with Gasteiger partial charge in [0.05, 0.1) is 0 Å². The van der Waals surface area contributed by atoms with E-state index in [1.54, 1.807) is 0 Å². The van der Waals surface area contributed by atoms with E-state index >= 15 is 0 Å². The number of aryl methyl sites for hydroxylation is 3. The van der Waals surface area contributed by atoms with Crippen LogP contribution in [0.4, 0.5) is 0 Å².